The third-order valence-electron chi connectivity index (χ3n) is 3.77. The zero-order chi connectivity index (χ0) is 16.2. The number of piperidine rings is 1. The molecule has 1 saturated heterocycles. The number of carbonyl (C=O) groups is 2. The second kappa shape index (κ2) is 6.42. The molecule has 0 aliphatic carbocycles. The first kappa shape index (κ1) is 14.9. The fraction of sp³-hybridized carbons (Fsp3) is 0.357. The van der Waals surface area contributed by atoms with E-state index < -0.39 is 6.03 Å². The van der Waals surface area contributed by atoms with Crippen molar-refractivity contribution in [1.29, 1.82) is 0 Å². The lowest BCUT2D eigenvalue weighted by Gasteiger charge is -2.30. The van der Waals surface area contributed by atoms with Crippen molar-refractivity contribution in [3.8, 4) is 5.82 Å². The van der Waals surface area contributed by atoms with Crippen LogP contribution in [0.4, 0.5) is 10.5 Å². The van der Waals surface area contributed by atoms with Crippen LogP contribution >= 0.6 is 0 Å². The van der Waals surface area contributed by atoms with Gasteiger partial charge in [-0.25, -0.2) is 19.4 Å². The van der Waals surface area contributed by atoms with Crippen LogP contribution in [0.5, 0.6) is 0 Å². The van der Waals surface area contributed by atoms with E-state index in [1.807, 2.05) is 0 Å². The fourth-order valence-electron chi connectivity index (χ4n) is 2.56. The number of carbonyl (C=O) groups excluding carboxylic acids is 2. The Morgan fingerprint density at radius 2 is 2.22 bits per heavy atom. The van der Waals surface area contributed by atoms with Crippen molar-refractivity contribution in [3.63, 3.8) is 0 Å². The van der Waals surface area contributed by atoms with E-state index >= 15 is 0 Å². The number of rotatable bonds is 3. The number of primary amides is 1. The standard InChI is InChI=1S/C14H17N7O2/c15-14(23)20-5-1-2-10(7-20)13(22)19-11-3-4-12(17-6-11)21-9-16-8-18-21/h3-4,6,8-10H,1-2,5,7H2,(H2,15,23)(H,19,22)/t10-/m1/s1. The van der Waals surface area contributed by atoms with Crippen LogP contribution < -0.4 is 11.1 Å². The number of pyridine rings is 1. The van der Waals surface area contributed by atoms with E-state index in [1.54, 1.807) is 24.7 Å². The number of nitrogens with zero attached hydrogens (tertiary/aromatic N) is 5. The molecule has 1 fully saturated rings. The van der Waals surface area contributed by atoms with Gasteiger partial charge >= 0.3 is 6.03 Å². The van der Waals surface area contributed by atoms with Gasteiger partial charge < -0.3 is 16.0 Å². The van der Waals surface area contributed by atoms with Crippen molar-refractivity contribution in [2.45, 2.75) is 12.8 Å². The van der Waals surface area contributed by atoms with E-state index in [1.165, 1.54) is 15.9 Å². The lowest BCUT2D eigenvalue weighted by atomic mass is 9.97. The lowest BCUT2D eigenvalue weighted by molar-refractivity contribution is -0.121. The summed E-state index contributed by atoms with van der Waals surface area (Å²) in [4.78, 5) is 33.1. The Balaban J connectivity index is 1.62. The number of likely N-dealkylation sites (tertiary alicyclic amines) is 1. The van der Waals surface area contributed by atoms with Crippen LogP contribution in [0.25, 0.3) is 5.82 Å². The van der Waals surface area contributed by atoms with Crippen molar-refractivity contribution in [2.75, 3.05) is 18.4 Å². The first-order chi connectivity index (χ1) is 11.1. The Labute approximate surface area is 132 Å². The van der Waals surface area contributed by atoms with Gasteiger partial charge in [-0.05, 0) is 25.0 Å². The number of nitrogens with two attached hydrogens (primary N) is 1. The Kier molecular flexibility index (Phi) is 4.18. The summed E-state index contributed by atoms with van der Waals surface area (Å²) < 4.78 is 1.53. The molecule has 9 nitrogen and oxygen atoms in total. The number of amides is 3. The molecule has 0 aromatic carbocycles. The van der Waals surface area contributed by atoms with E-state index in [0.717, 1.165) is 12.8 Å². The molecule has 3 N–H and O–H groups in total. The van der Waals surface area contributed by atoms with Gasteiger partial charge in [-0.2, -0.15) is 5.10 Å². The van der Waals surface area contributed by atoms with E-state index in [0.29, 0.717) is 24.6 Å². The summed E-state index contributed by atoms with van der Waals surface area (Å²) in [6, 6.07) is 3.00. The molecule has 0 spiro atoms. The minimum atomic E-state index is -0.485. The number of hydrogen-bond donors (Lipinski definition) is 2. The Hall–Kier alpha value is -2.97. The molecule has 3 amide bonds. The summed E-state index contributed by atoms with van der Waals surface area (Å²) in [5.74, 6) is 0.218. The highest BCUT2D eigenvalue weighted by molar-refractivity contribution is 5.93. The summed E-state index contributed by atoms with van der Waals surface area (Å²) in [5.41, 5.74) is 5.87. The highest BCUT2D eigenvalue weighted by Gasteiger charge is 2.27. The third-order valence-corrected chi connectivity index (χ3v) is 3.77. The Morgan fingerprint density at radius 3 is 2.87 bits per heavy atom. The summed E-state index contributed by atoms with van der Waals surface area (Å²) >= 11 is 0. The maximum absolute atomic E-state index is 12.3. The van der Waals surface area contributed by atoms with Crippen LogP contribution in [0.3, 0.4) is 0 Å². The normalized spacial score (nSPS) is 17.7. The first-order valence-corrected chi connectivity index (χ1v) is 7.30. The molecule has 3 rings (SSSR count). The molecule has 1 atom stereocenters. The highest BCUT2D eigenvalue weighted by atomic mass is 16.2. The first-order valence-electron chi connectivity index (χ1n) is 7.30. The summed E-state index contributed by atoms with van der Waals surface area (Å²) in [5, 5.41) is 6.80. The number of anilines is 1. The van der Waals surface area contributed by atoms with Gasteiger partial charge in [0.25, 0.3) is 0 Å². The van der Waals surface area contributed by atoms with Crippen molar-refractivity contribution in [3.05, 3.63) is 31.0 Å². The quantitative estimate of drug-likeness (QED) is 0.849. The van der Waals surface area contributed by atoms with Crippen molar-refractivity contribution >= 4 is 17.6 Å². The van der Waals surface area contributed by atoms with Crippen LogP contribution in [0.2, 0.25) is 0 Å². The molecule has 1 aliphatic rings. The average Bonchev–Trinajstić information content (AvgIpc) is 3.10. The number of hydrogen-bond acceptors (Lipinski definition) is 5. The topological polar surface area (TPSA) is 119 Å². The minimum absolute atomic E-state index is 0.133. The molecule has 1 aliphatic heterocycles. The van der Waals surface area contributed by atoms with Crippen molar-refractivity contribution in [1.82, 2.24) is 24.6 Å². The van der Waals surface area contributed by atoms with Gasteiger partial charge in [-0.3, -0.25) is 4.79 Å². The number of aromatic nitrogens is 4. The van der Waals surface area contributed by atoms with E-state index in [-0.39, 0.29) is 11.8 Å². The number of urea groups is 1. The molecule has 0 unspecified atom stereocenters. The molecule has 120 valence electrons. The van der Waals surface area contributed by atoms with E-state index in [4.69, 9.17) is 5.73 Å². The zero-order valence-electron chi connectivity index (χ0n) is 12.4. The maximum atomic E-state index is 12.3. The van der Waals surface area contributed by atoms with Crippen LogP contribution in [-0.4, -0.2) is 49.7 Å². The van der Waals surface area contributed by atoms with Gasteiger partial charge in [0.05, 0.1) is 17.8 Å². The van der Waals surface area contributed by atoms with Crippen molar-refractivity contribution in [2.24, 2.45) is 11.7 Å². The second-order valence-corrected chi connectivity index (χ2v) is 5.36. The SMILES string of the molecule is NC(=O)N1CCC[C@@H](C(=O)Nc2ccc(-n3cncn3)nc2)C1. The van der Waals surface area contributed by atoms with Gasteiger partial charge in [0.2, 0.25) is 5.91 Å². The van der Waals surface area contributed by atoms with E-state index in [2.05, 4.69) is 20.4 Å². The fourth-order valence-corrected chi connectivity index (χ4v) is 2.56. The van der Waals surface area contributed by atoms with Gasteiger partial charge in [0.15, 0.2) is 5.82 Å². The summed E-state index contributed by atoms with van der Waals surface area (Å²) in [7, 11) is 0. The largest absolute Gasteiger partial charge is 0.351 e. The van der Waals surface area contributed by atoms with Gasteiger partial charge in [0, 0.05) is 13.1 Å². The van der Waals surface area contributed by atoms with Crippen LogP contribution in [0.1, 0.15) is 12.8 Å². The summed E-state index contributed by atoms with van der Waals surface area (Å²) in [6.07, 6.45) is 6.03. The second-order valence-electron chi connectivity index (χ2n) is 5.36. The average molecular weight is 315 g/mol. The van der Waals surface area contributed by atoms with E-state index in [9.17, 15) is 9.59 Å². The smallest absolute Gasteiger partial charge is 0.314 e. The molecular formula is C14H17N7O2. The predicted molar refractivity (Wildman–Crippen MR) is 81.7 cm³/mol. The molecule has 0 bridgehead atoms. The molecular weight excluding hydrogens is 298 g/mol. The van der Waals surface area contributed by atoms with Crippen LogP contribution in [0, 0.1) is 5.92 Å². The molecule has 0 radical (unpaired) electrons. The lowest BCUT2D eigenvalue weighted by Crippen LogP contribution is -2.46. The molecule has 2 aromatic rings. The van der Waals surface area contributed by atoms with Crippen molar-refractivity contribution < 1.29 is 9.59 Å². The van der Waals surface area contributed by atoms with Gasteiger partial charge in [-0.1, -0.05) is 0 Å². The highest BCUT2D eigenvalue weighted by Crippen LogP contribution is 2.18. The monoisotopic (exact) mass is 315 g/mol. The summed E-state index contributed by atoms with van der Waals surface area (Å²) in [6.45, 7) is 0.957. The Morgan fingerprint density at radius 1 is 1.35 bits per heavy atom. The van der Waals surface area contributed by atoms with Gasteiger partial charge in [-0.15, -0.1) is 0 Å². The Bertz CT molecular complexity index is 684. The number of nitrogens with one attached hydrogen (secondary N) is 1. The molecule has 3 heterocycles. The predicted octanol–water partition coefficient (Wildman–Crippen LogP) is 0.391. The molecule has 2 aromatic heterocycles. The third kappa shape index (κ3) is 3.44. The molecule has 9 heteroatoms. The maximum Gasteiger partial charge on any atom is 0.314 e. The van der Waals surface area contributed by atoms with Crippen LogP contribution in [-0.2, 0) is 4.79 Å². The molecule has 23 heavy (non-hydrogen) atoms. The minimum Gasteiger partial charge on any atom is -0.351 e. The van der Waals surface area contributed by atoms with Gasteiger partial charge in [0.1, 0.15) is 12.7 Å². The zero-order valence-corrected chi connectivity index (χ0v) is 12.4. The van der Waals surface area contributed by atoms with Crippen LogP contribution in [0.15, 0.2) is 31.0 Å². The molecule has 0 saturated carbocycles.